The molecule has 0 amide bonds. The largest absolute Gasteiger partial charge is 0.476 e. The number of rotatable bonds is 5. The Hall–Kier alpha value is -0.880. The highest BCUT2D eigenvalue weighted by molar-refractivity contribution is 9.10. The third-order valence-corrected chi connectivity index (χ3v) is 3.37. The van der Waals surface area contributed by atoms with Crippen LogP contribution in [0.25, 0.3) is 0 Å². The molecule has 1 N–H and O–H groups in total. The lowest BCUT2D eigenvalue weighted by Gasteiger charge is -2.02. The molecule has 1 aromatic heterocycles. The Morgan fingerprint density at radius 1 is 1.69 bits per heavy atom. The van der Waals surface area contributed by atoms with Crippen molar-refractivity contribution in [1.82, 2.24) is 9.78 Å². The molecule has 0 unspecified atom stereocenters. The molecule has 0 aliphatic heterocycles. The fraction of sp³-hybridized carbons (Fsp3) is 0.600. The van der Waals surface area contributed by atoms with Gasteiger partial charge in [-0.15, -0.1) is 0 Å². The Morgan fingerprint density at radius 3 is 2.88 bits per heavy atom. The van der Waals surface area contributed by atoms with Crippen molar-refractivity contribution in [3.63, 3.8) is 0 Å². The van der Waals surface area contributed by atoms with Gasteiger partial charge in [-0.05, 0) is 28.8 Å². The summed E-state index contributed by atoms with van der Waals surface area (Å²) in [6.07, 6.45) is 2.19. The molecule has 0 saturated heterocycles. The molecular formula is C10H13BrN2O3. The highest BCUT2D eigenvalue weighted by Gasteiger charge is 2.32. The number of nitrogens with zero attached hydrogens (tertiary/aromatic N) is 2. The van der Waals surface area contributed by atoms with Crippen LogP contribution in [0.5, 0.6) is 0 Å². The molecule has 0 aromatic carbocycles. The van der Waals surface area contributed by atoms with E-state index in [1.807, 2.05) is 0 Å². The number of carboxylic acids is 1. The smallest absolute Gasteiger partial charge is 0.355 e. The zero-order chi connectivity index (χ0) is 11.7. The lowest BCUT2D eigenvalue weighted by atomic mass is 10.2. The van der Waals surface area contributed by atoms with Gasteiger partial charge < -0.3 is 9.84 Å². The van der Waals surface area contributed by atoms with Gasteiger partial charge in [0.25, 0.3) is 0 Å². The summed E-state index contributed by atoms with van der Waals surface area (Å²) in [4.78, 5) is 11.1. The van der Waals surface area contributed by atoms with E-state index in [9.17, 15) is 4.79 Å². The molecule has 0 radical (unpaired) electrons. The summed E-state index contributed by atoms with van der Waals surface area (Å²) in [5.74, 6) is -0.529. The summed E-state index contributed by atoms with van der Waals surface area (Å²) < 4.78 is 7.06. The minimum atomic E-state index is -0.956. The summed E-state index contributed by atoms with van der Waals surface area (Å²) >= 11 is 3.33. The number of hydrogen-bond acceptors (Lipinski definition) is 3. The Kier molecular flexibility index (Phi) is 3.30. The Morgan fingerprint density at radius 2 is 2.38 bits per heavy atom. The molecule has 1 fully saturated rings. The third kappa shape index (κ3) is 2.12. The first-order valence-electron chi connectivity index (χ1n) is 5.13. The first-order chi connectivity index (χ1) is 7.65. The normalized spacial score (nSPS) is 15.4. The molecule has 0 atom stereocenters. The van der Waals surface area contributed by atoms with Gasteiger partial charge in [-0.3, -0.25) is 4.68 Å². The Bertz CT molecular complexity index is 412. The molecule has 1 aliphatic carbocycles. The number of aromatic nitrogens is 2. The Balaban J connectivity index is 2.33. The maximum absolute atomic E-state index is 11.1. The average molecular weight is 289 g/mol. The van der Waals surface area contributed by atoms with Gasteiger partial charge in [-0.1, -0.05) is 0 Å². The standard InChI is InChI=1S/C10H13BrN2O3/c1-16-5-4-13-9(10(14)15)7(11)8(12-13)6-2-3-6/h6H,2-5H2,1H3,(H,14,15). The molecule has 1 heterocycles. The van der Waals surface area contributed by atoms with E-state index in [1.54, 1.807) is 7.11 Å². The fourth-order valence-corrected chi connectivity index (χ4v) is 2.40. The molecule has 88 valence electrons. The SMILES string of the molecule is COCCn1nc(C2CC2)c(Br)c1C(=O)O. The topological polar surface area (TPSA) is 64.4 Å². The van der Waals surface area contributed by atoms with Gasteiger partial charge in [0, 0.05) is 13.0 Å². The van der Waals surface area contributed by atoms with Crippen LogP contribution in [0, 0.1) is 0 Å². The van der Waals surface area contributed by atoms with E-state index >= 15 is 0 Å². The van der Waals surface area contributed by atoms with Crippen molar-refractivity contribution >= 4 is 21.9 Å². The molecule has 0 bridgehead atoms. The summed E-state index contributed by atoms with van der Waals surface area (Å²) in [7, 11) is 1.58. The van der Waals surface area contributed by atoms with Crippen LogP contribution >= 0.6 is 15.9 Å². The van der Waals surface area contributed by atoms with Crippen LogP contribution in [0.15, 0.2) is 4.47 Å². The van der Waals surface area contributed by atoms with Crippen LogP contribution in [0.1, 0.15) is 34.9 Å². The van der Waals surface area contributed by atoms with Crippen molar-refractivity contribution in [2.45, 2.75) is 25.3 Å². The highest BCUT2D eigenvalue weighted by atomic mass is 79.9. The van der Waals surface area contributed by atoms with Crippen LogP contribution in [-0.2, 0) is 11.3 Å². The van der Waals surface area contributed by atoms with Crippen LogP contribution < -0.4 is 0 Å². The quantitative estimate of drug-likeness (QED) is 0.898. The van der Waals surface area contributed by atoms with E-state index < -0.39 is 5.97 Å². The Labute approximate surface area is 102 Å². The van der Waals surface area contributed by atoms with Crippen molar-refractivity contribution in [3.05, 3.63) is 15.9 Å². The number of hydrogen-bond donors (Lipinski definition) is 1. The van der Waals surface area contributed by atoms with Gasteiger partial charge in [0.1, 0.15) is 0 Å². The minimum absolute atomic E-state index is 0.221. The van der Waals surface area contributed by atoms with Gasteiger partial charge in [-0.25, -0.2) is 4.79 Å². The second kappa shape index (κ2) is 4.55. The maximum atomic E-state index is 11.1. The molecule has 1 aromatic rings. The van der Waals surface area contributed by atoms with E-state index in [2.05, 4.69) is 21.0 Å². The van der Waals surface area contributed by atoms with Crippen LogP contribution in [0.2, 0.25) is 0 Å². The predicted octanol–water partition coefficient (Wildman–Crippen LogP) is 1.87. The van der Waals surface area contributed by atoms with Gasteiger partial charge in [0.05, 0.1) is 23.3 Å². The van der Waals surface area contributed by atoms with E-state index in [1.165, 1.54) is 4.68 Å². The van der Waals surface area contributed by atoms with Crippen molar-refractivity contribution in [2.24, 2.45) is 0 Å². The average Bonchev–Trinajstić information content (AvgIpc) is 3.00. The monoisotopic (exact) mass is 288 g/mol. The van der Waals surface area contributed by atoms with Gasteiger partial charge in [-0.2, -0.15) is 5.10 Å². The number of carbonyl (C=O) groups is 1. The lowest BCUT2D eigenvalue weighted by molar-refractivity contribution is 0.0679. The minimum Gasteiger partial charge on any atom is -0.476 e. The molecule has 2 rings (SSSR count). The summed E-state index contributed by atoms with van der Waals surface area (Å²) in [5, 5.41) is 13.5. The van der Waals surface area contributed by atoms with Crippen LogP contribution in [0.4, 0.5) is 0 Å². The second-order valence-corrected chi connectivity index (χ2v) is 4.64. The van der Waals surface area contributed by atoms with Crippen LogP contribution in [-0.4, -0.2) is 34.6 Å². The summed E-state index contributed by atoms with van der Waals surface area (Å²) in [6.45, 7) is 0.919. The number of methoxy groups -OCH3 is 1. The van der Waals surface area contributed by atoms with Gasteiger partial charge in [0.15, 0.2) is 5.69 Å². The number of aromatic carboxylic acids is 1. The number of halogens is 1. The first kappa shape index (κ1) is 11.6. The van der Waals surface area contributed by atoms with Gasteiger partial charge >= 0.3 is 5.97 Å². The molecule has 5 nitrogen and oxygen atoms in total. The van der Waals surface area contributed by atoms with Crippen molar-refractivity contribution in [2.75, 3.05) is 13.7 Å². The summed E-state index contributed by atoms with van der Waals surface area (Å²) in [6, 6.07) is 0. The molecule has 1 saturated carbocycles. The van der Waals surface area contributed by atoms with E-state index in [4.69, 9.17) is 9.84 Å². The third-order valence-electron chi connectivity index (χ3n) is 2.59. The first-order valence-corrected chi connectivity index (χ1v) is 5.93. The van der Waals surface area contributed by atoms with Crippen LogP contribution in [0.3, 0.4) is 0 Å². The zero-order valence-corrected chi connectivity index (χ0v) is 10.5. The maximum Gasteiger partial charge on any atom is 0.355 e. The summed E-state index contributed by atoms with van der Waals surface area (Å²) in [5.41, 5.74) is 1.09. The molecular weight excluding hydrogens is 276 g/mol. The molecule has 1 aliphatic rings. The molecule has 16 heavy (non-hydrogen) atoms. The molecule has 6 heteroatoms. The highest BCUT2D eigenvalue weighted by Crippen LogP contribution is 2.43. The van der Waals surface area contributed by atoms with Crippen molar-refractivity contribution in [1.29, 1.82) is 0 Å². The predicted molar refractivity (Wildman–Crippen MR) is 60.7 cm³/mol. The zero-order valence-electron chi connectivity index (χ0n) is 8.94. The fourth-order valence-electron chi connectivity index (χ4n) is 1.62. The van der Waals surface area contributed by atoms with E-state index in [0.29, 0.717) is 23.5 Å². The second-order valence-electron chi connectivity index (χ2n) is 3.84. The van der Waals surface area contributed by atoms with Gasteiger partial charge in [0.2, 0.25) is 0 Å². The van der Waals surface area contributed by atoms with Crippen molar-refractivity contribution in [3.8, 4) is 0 Å². The van der Waals surface area contributed by atoms with Crippen molar-refractivity contribution < 1.29 is 14.6 Å². The number of ether oxygens (including phenoxy) is 1. The lowest BCUT2D eigenvalue weighted by Crippen LogP contribution is -2.13. The van der Waals surface area contributed by atoms with E-state index in [0.717, 1.165) is 18.5 Å². The van der Waals surface area contributed by atoms with E-state index in [-0.39, 0.29) is 5.69 Å². The molecule has 0 spiro atoms. The number of carboxylic acid groups (broad SMARTS) is 1.